The third kappa shape index (κ3) is 3.19. The molecule has 3 heterocycles. The predicted octanol–water partition coefficient (Wildman–Crippen LogP) is 3.86. The smallest absolute Gasteiger partial charge is 0.197 e. The molecule has 1 aliphatic heterocycles. The van der Waals surface area contributed by atoms with E-state index in [9.17, 15) is 4.39 Å². The molecule has 2 aromatic heterocycles. The number of hydrogen-bond donors (Lipinski definition) is 0. The molecule has 4 rings (SSSR count). The van der Waals surface area contributed by atoms with Crippen molar-refractivity contribution in [2.45, 2.75) is 19.4 Å². The Morgan fingerprint density at radius 3 is 2.70 bits per heavy atom. The van der Waals surface area contributed by atoms with E-state index < -0.39 is 5.82 Å². The van der Waals surface area contributed by atoms with Crippen LogP contribution in [0, 0.1) is 5.82 Å². The second kappa shape index (κ2) is 7.08. The largest absolute Gasteiger partial charge is 0.494 e. The number of halogens is 2. The number of fused-ring (bicyclic) bond motifs is 1. The lowest BCUT2D eigenvalue weighted by molar-refractivity contribution is 0.386. The Bertz CT molecular complexity index is 985. The molecule has 6 nitrogen and oxygen atoms in total. The summed E-state index contributed by atoms with van der Waals surface area (Å²) in [6.45, 7) is 2.77. The molecule has 1 aliphatic rings. The summed E-state index contributed by atoms with van der Waals surface area (Å²) in [7, 11) is 1.43. The van der Waals surface area contributed by atoms with Crippen LogP contribution >= 0.6 is 11.6 Å². The van der Waals surface area contributed by atoms with Crippen LogP contribution in [0.5, 0.6) is 5.75 Å². The van der Waals surface area contributed by atoms with E-state index in [1.165, 1.54) is 7.11 Å². The summed E-state index contributed by atoms with van der Waals surface area (Å²) in [5.74, 6) is 0.596. The summed E-state index contributed by atoms with van der Waals surface area (Å²) >= 11 is 6.03. The topological polar surface area (TPSA) is 64.0 Å². The number of benzene rings is 1. The van der Waals surface area contributed by atoms with Crippen molar-refractivity contribution >= 4 is 17.3 Å². The molecule has 1 aromatic carbocycles. The van der Waals surface area contributed by atoms with Gasteiger partial charge < -0.3 is 9.64 Å². The van der Waals surface area contributed by atoms with Gasteiger partial charge in [0.2, 0.25) is 0 Å². The fourth-order valence-electron chi connectivity index (χ4n) is 3.30. The van der Waals surface area contributed by atoms with Gasteiger partial charge in [0.1, 0.15) is 0 Å². The highest BCUT2D eigenvalue weighted by Crippen LogP contribution is 2.37. The summed E-state index contributed by atoms with van der Waals surface area (Å²) in [6.07, 6.45) is 5.87. The van der Waals surface area contributed by atoms with Crippen molar-refractivity contribution in [3.8, 4) is 17.4 Å². The van der Waals surface area contributed by atoms with Gasteiger partial charge in [-0.05, 0) is 19.1 Å². The third-order valence-corrected chi connectivity index (χ3v) is 4.98. The Morgan fingerprint density at radius 2 is 1.96 bits per heavy atom. The summed E-state index contributed by atoms with van der Waals surface area (Å²) in [5.41, 5.74) is 2.78. The maximum Gasteiger partial charge on any atom is 0.197 e. The van der Waals surface area contributed by atoms with Gasteiger partial charge in [-0.1, -0.05) is 11.6 Å². The second-order valence-corrected chi connectivity index (χ2v) is 6.64. The summed E-state index contributed by atoms with van der Waals surface area (Å²) < 4.78 is 19.1. The molecule has 0 bridgehead atoms. The number of hydrogen-bond acceptors (Lipinski definition) is 6. The van der Waals surface area contributed by atoms with Crippen molar-refractivity contribution in [2.24, 2.45) is 0 Å². The molecule has 27 heavy (non-hydrogen) atoms. The molecular formula is C19H17ClFN5O. The molecule has 3 aromatic rings. The fraction of sp³-hybridized carbons (Fsp3) is 0.263. The first-order valence-electron chi connectivity index (χ1n) is 8.51. The van der Waals surface area contributed by atoms with Crippen molar-refractivity contribution in [1.82, 2.24) is 19.9 Å². The van der Waals surface area contributed by atoms with Crippen LogP contribution in [0.25, 0.3) is 11.6 Å². The average molecular weight is 386 g/mol. The first-order valence-corrected chi connectivity index (χ1v) is 8.89. The van der Waals surface area contributed by atoms with E-state index in [2.05, 4.69) is 31.8 Å². The molecular weight excluding hydrogens is 369 g/mol. The van der Waals surface area contributed by atoms with Gasteiger partial charge in [-0.25, -0.2) is 24.3 Å². The SMILES string of the molecule is COc1cc(N2CCc3nc(-c4ncccn4)ncc3[C@@H]2C)cc(Cl)c1F. The molecule has 0 unspecified atom stereocenters. The quantitative estimate of drug-likeness (QED) is 0.682. The highest BCUT2D eigenvalue weighted by molar-refractivity contribution is 6.31. The number of methoxy groups -OCH3 is 1. The Labute approximate surface area is 161 Å². The first-order chi connectivity index (χ1) is 13.1. The van der Waals surface area contributed by atoms with E-state index in [0.717, 1.165) is 23.4 Å². The van der Waals surface area contributed by atoms with Gasteiger partial charge in [0.15, 0.2) is 23.2 Å². The normalized spacial score (nSPS) is 16.1. The maximum absolute atomic E-state index is 14.0. The summed E-state index contributed by atoms with van der Waals surface area (Å²) in [4.78, 5) is 19.6. The number of aromatic nitrogens is 4. The highest BCUT2D eigenvalue weighted by Gasteiger charge is 2.27. The highest BCUT2D eigenvalue weighted by atomic mass is 35.5. The standard InChI is InChI=1S/C19H17ClFN5O/c1-11-13-10-24-19(18-22-5-3-6-23-18)25-15(13)4-7-26(11)12-8-14(20)17(21)16(9-12)27-2/h3,5-6,8-11H,4,7H2,1-2H3/t11-/m0/s1. The van der Waals surface area contributed by atoms with Gasteiger partial charge in [-0.2, -0.15) is 0 Å². The van der Waals surface area contributed by atoms with Crippen molar-refractivity contribution < 1.29 is 9.13 Å². The maximum atomic E-state index is 14.0. The molecule has 0 N–H and O–H groups in total. The minimum atomic E-state index is -0.552. The molecule has 138 valence electrons. The van der Waals surface area contributed by atoms with Crippen LogP contribution in [0.15, 0.2) is 36.8 Å². The monoisotopic (exact) mass is 385 g/mol. The molecule has 0 fully saturated rings. The van der Waals surface area contributed by atoms with E-state index in [-0.39, 0.29) is 16.8 Å². The first kappa shape index (κ1) is 17.6. The zero-order valence-electron chi connectivity index (χ0n) is 14.9. The van der Waals surface area contributed by atoms with E-state index in [1.54, 1.807) is 30.6 Å². The van der Waals surface area contributed by atoms with Crippen LogP contribution in [0.3, 0.4) is 0 Å². The van der Waals surface area contributed by atoms with Gasteiger partial charge in [-0.15, -0.1) is 0 Å². The zero-order valence-corrected chi connectivity index (χ0v) is 15.6. The third-order valence-electron chi connectivity index (χ3n) is 4.70. The van der Waals surface area contributed by atoms with Crippen LogP contribution < -0.4 is 9.64 Å². The van der Waals surface area contributed by atoms with Crippen LogP contribution in [-0.4, -0.2) is 33.6 Å². The molecule has 0 aliphatic carbocycles. The summed E-state index contributed by atoms with van der Waals surface area (Å²) in [6, 6.07) is 5.04. The molecule has 0 spiro atoms. The minimum Gasteiger partial charge on any atom is -0.494 e. The van der Waals surface area contributed by atoms with Crippen molar-refractivity contribution in [2.75, 3.05) is 18.6 Å². The molecule has 1 atom stereocenters. The Morgan fingerprint density at radius 1 is 1.19 bits per heavy atom. The van der Waals surface area contributed by atoms with Gasteiger partial charge >= 0.3 is 0 Å². The Hall–Kier alpha value is -2.80. The molecule has 8 heteroatoms. The molecule has 0 radical (unpaired) electrons. The Kier molecular flexibility index (Phi) is 4.61. The lowest BCUT2D eigenvalue weighted by Gasteiger charge is -2.36. The van der Waals surface area contributed by atoms with Crippen LogP contribution in [-0.2, 0) is 6.42 Å². The van der Waals surface area contributed by atoms with E-state index in [1.807, 2.05) is 6.20 Å². The Balaban J connectivity index is 1.68. The van der Waals surface area contributed by atoms with Gasteiger partial charge in [0, 0.05) is 48.9 Å². The van der Waals surface area contributed by atoms with Crippen LogP contribution in [0.1, 0.15) is 24.2 Å². The lowest BCUT2D eigenvalue weighted by Crippen LogP contribution is -2.34. The van der Waals surface area contributed by atoms with Crippen molar-refractivity contribution in [1.29, 1.82) is 0 Å². The lowest BCUT2D eigenvalue weighted by atomic mass is 9.98. The second-order valence-electron chi connectivity index (χ2n) is 6.23. The predicted molar refractivity (Wildman–Crippen MR) is 100 cm³/mol. The van der Waals surface area contributed by atoms with Crippen LogP contribution in [0.4, 0.5) is 10.1 Å². The number of rotatable bonds is 3. The fourth-order valence-corrected chi connectivity index (χ4v) is 3.51. The van der Waals surface area contributed by atoms with E-state index in [4.69, 9.17) is 16.3 Å². The molecule has 0 saturated heterocycles. The number of anilines is 1. The van der Waals surface area contributed by atoms with E-state index >= 15 is 0 Å². The van der Waals surface area contributed by atoms with Gasteiger partial charge in [0.25, 0.3) is 0 Å². The molecule has 0 amide bonds. The number of ether oxygens (including phenoxy) is 1. The van der Waals surface area contributed by atoms with E-state index in [0.29, 0.717) is 18.2 Å². The van der Waals surface area contributed by atoms with Crippen molar-refractivity contribution in [3.63, 3.8) is 0 Å². The minimum absolute atomic E-state index is 0.00530. The average Bonchev–Trinajstić information content (AvgIpc) is 2.70. The number of nitrogens with zero attached hydrogens (tertiary/aromatic N) is 5. The van der Waals surface area contributed by atoms with Gasteiger partial charge in [0.05, 0.1) is 23.9 Å². The van der Waals surface area contributed by atoms with Gasteiger partial charge in [-0.3, -0.25) is 0 Å². The zero-order chi connectivity index (χ0) is 19.0. The van der Waals surface area contributed by atoms with Crippen LogP contribution in [0.2, 0.25) is 5.02 Å². The summed E-state index contributed by atoms with van der Waals surface area (Å²) in [5, 5.41) is 0.0372. The molecule has 0 saturated carbocycles. The van der Waals surface area contributed by atoms with Crippen molar-refractivity contribution in [3.05, 3.63) is 58.9 Å².